The molecule has 2 heterocycles. The normalized spacial score (nSPS) is 17.9. The van der Waals surface area contributed by atoms with E-state index in [1.54, 1.807) is 18.1 Å². The standard InChI is InChI=1S/C34H39ClN2O8/c1-41-17-4-15-37-29-20-24(8-13-31(29)45-23-33(37)38)22-44-32-21-36(34(39)40)16-14-27(32)25-9-11-26(12-10-25)42-18-5-19-43-30-7-3-2-6-28(30)35/h2-3,6-13,20,27,32H,4-5,14-19,21-23H2,1H3,(H,39,40). The number of ether oxygens (including phenoxy) is 5. The smallest absolute Gasteiger partial charge is 0.407 e. The monoisotopic (exact) mass is 638 g/mol. The molecule has 2 amide bonds. The number of rotatable bonds is 14. The van der Waals surface area contributed by atoms with Crippen LogP contribution in [0.5, 0.6) is 17.2 Å². The van der Waals surface area contributed by atoms with E-state index in [4.69, 9.17) is 35.3 Å². The molecule has 0 radical (unpaired) electrons. The maximum atomic E-state index is 12.6. The molecule has 0 aromatic heterocycles. The van der Waals surface area contributed by atoms with Crippen LogP contribution in [0.25, 0.3) is 0 Å². The number of carbonyl (C=O) groups is 2. The molecule has 0 saturated carbocycles. The maximum Gasteiger partial charge on any atom is 0.407 e. The zero-order chi connectivity index (χ0) is 31.6. The number of nitrogens with zero attached hydrogens (tertiary/aromatic N) is 2. The van der Waals surface area contributed by atoms with Gasteiger partial charge in [-0.15, -0.1) is 0 Å². The molecule has 0 bridgehead atoms. The highest BCUT2D eigenvalue weighted by molar-refractivity contribution is 6.32. The number of carbonyl (C=O) groups excluding carboxylic acids is 1. The number of carboxylic acid groups (broad SMARTS) is 1. The first-order chi connectivity index (χ1) is 21.9. The lowest BCUT2D eigenvalue weighted by Gasteiger charge is -2.37. The van der Waals surface area contributed by atoms with E-state index < -0.39 is 6.09 Å². The summed E-state index contributed by atoms with van der Waals surface area (Å²) in [5, 5.41) is 10.3. The topological polar surface area (TPSA) is 107 Å². The molecule has 5 rings (SSSR count). The van der Waals surface area contributed by atoms with Gasteiger partial charge in [0, 0.05) is 39.1 Å². The summed E-state index contributed by atoms with van der Waals surface area (Å²) >= 11 is 6.13. The summed E-state index contributed by atoms with van der Waals surface area (Å²) in [5.74, 6) is 1.97. The minimum Gasteiger partial charge on any atom is -0.493 e. The number of hydrogen-bond acceptors (Lipinski definition) is 7. The van der Waals surface area contributed by atoms with Crippen LogP contribution < -0.4 is 19.1 Å². The van der Waals surface area contributed by atoms with Crippen molar-refractivity contribution in [3.63, 3.8) is 0 Å². The third-order valence-corrected chi connectivity index (χ3v) is 8.26. The Morgan fingerprint density at radius 1 is 1.02 bits per heavy atom. The van der Waals surface area contributed by atoms with Gasteiger partial charge >= 0.3 is 6.09 Å². The SMILES string of the molecule is COCCCN1C(=O)COc2ccc(COC3CN(C(=O)O)CCC3c3ccc(OCCCOc4ccccc4Cl)cc3)cc21. The lowest BCUT2D eigenvalue weighted by molar-refractivity contribution is -0.121. The van der Waals surface area contributed by atoms with E-state index in [0.717, 1.165) is 16.9 Å². The van der Waals surface area contributed by atoms with Gasteiger partial charge in [0.05, 0.1) is 43.2 Å². The highest BCUT2D eigenvalue weighted by Gasteiger charge is 2.33. The summed E-state index contributed by atoms with van der Waals surface area (Å²) in [7, 11) is 1.64. The number of fused-ring (bicyclic) bond motifs is 1. The van der Waals surface area contributed by atoms with Crippen molar-refractivity contribution in [1.29, 1.82) is 0 Å². The first kappa shape index (κ1) is 32.4. The molecule has 3 aromatic carbocycles. The molecule has 1 saturated heterocycles. The molecular formula is C34H39ClN2O8. The molecule has 0 spiro atoms. The number of likely N-dealkylation sites (tertiary alicyclic amines) is 1. The van der Waals surface area contributed by atoms with Crippen LogP contribution >= 0.6 is 11.6 Å². The third-order valence-electron chi connectivity index (χ3n) is 7.95. The van der Waals surface area contributed by atoms with Gasteiger partial charge in [0.15, 0.2) is 6.61 Å². The fraction of sp³-hybridized carbons (Fsp3) is 0.412. The summed E-state index contributed by atoms with van der Waals surface area (Å²) in [6.45, 7) is 3.03. The molecule has 2 aliphatic rings. The molecule has 10 nitrogen and oxygen atoms in total. The number of methoxy groups -OCH3 is 1. The minimum absolute atomic E-state index is 0.00625. The van der Waals surface area contributed by atoms with E-state index in [0.29, 0.717) is 74.4 Å². The van der Waals surface area contributed by atoms with Crippen molar-refractivity contribution in [2.45, 2.75) is 37.9 Å². The van der Waals surface area contributed by atoms with Gasteiger partial charge in [-0.25, -0.2) is 4.79 Å². The second kappa shape index (κ2) is 15.8. The fourth-order valence-corrected chi connectivity index (χ4v) is 5.79. The van der Waals surface area contributed by atoms with Crippen molar-refractivity contribution in [3.05, 3.63) is 82.9 Å². The highest BCUT2D eigenvalue weighted by Crippen LogP contribution is 2.35. The number of hydrogen-bond donors (Lipinski definition) is 1. The zero-order valence-electron chi connectivity index (χ0n) is 25.4. The quantitative estimate of drug-likeness (QED) is 0.214. The van der Waals surface area contributed by atoms with E-state index in [1.807, 2.05) is 60.7 Å². The molecule has 3 aromatic rings. The molecule has 240 valence electrons. The summed E-state index contributed by atoms with van der Waals surface area (Å²) in [6, 6.07) is 21.0. The van der Waals surface area contributed by atoms with Crippen LogP contribution in [-0.2, 0) is 20.9 Å². The third kappa shape index (κ3) is 8.59. The molecule has 1 fully saturated rings. The lowest BCUT2D eigenvalue weighted by atomic mass is 9.87. The van der Waals surface area contributed by atoms with Crippen LogP contribution in [0, 0.1) is 0 Å². The van der Waals surface area contributed by atoms with Gasteiger partial charge in [0.25, 0.3) is 5.91 Å². The van der Waals surface area contributed by atoms with Gasteiger partial charge < -0.3 is 38.6 Å². The summed E-state index contributed by atoms with van der Waals surface area (Å²) < 4.78 is 28.9. The Bertz CT molecular complexity index is 1440. The predicted molar refractivity (Wildman–Crippen MR) is 170 cm³/mol. The Morgan fingerprint density at radius 2 is 1.82 bits per heavy atom. The Kier molecular flexibility index (Phi) is 11.4. The van der Waals surface area contributed by atoms with E-state index in [9.17, 15) is 14.7 Å². The number of amides is 2. The van der Waals surface area contributed by atoms with Crippen LogP contribution in [0.2, 0.25) is 5.02 Å². The van der Waals surface area contributed by atoms with Crippen molar-refractivity contribution >= 4 is 29.3 Å². The first-order valence-electron chi connectivity index (χ1n) is 15.2. The predicted octanol–water partition coefficient (Wildman–Crippen LogP) is 6.00. The summed E-state index contributed by atoms with van der Waals surface area (Å²) in [4.78, 5) is 27.5. The average Bonchev–Trinajstić information content (AvgIpc) is 3.05. The highest BCUT2D eigenvalue weighted by atomic mass is 35.5. The van der Waals surface area contributed by atoms with E-state index in [1.165, 1.54) is 4.90 Å². The summed E-state index contributed by atoms with van der Waals surface area (Å²) in [6.07, 6.45) is 0.732. The molecule has 0 aliphatic carbocycles. The minimum atomic E-state index is -0.958. The second-order valence-corrected chi connectivity index (χ2v) is 11.4. The number of benzene rings is 3. The molecule has 11 heteroatoms. The van der Waals surface area contributed by atoms with Crippen LogP contribution in [0.1, 0.15) is 36.3 Å². The Morgan fingerprint density at radius 3 is 2.60 bits per heavy atom. The molecule has 2 unspecified atom stereocenters. The molecular weight excluding hydrogens is 600 g/mol. The van der Waals surface area contributed by atoms with Gasteiger partial charge in [0.1, 0.15) is 17.2 Å². The largest absolute Gasteiger partial charge is 0.493 e. The van der Waals surface area contributed by atoms with Crippen molar-refractivity contribution in [3.8, 4) is 17.2 Å². The number of piperidine rings is 1. The Hall–Kier alpha value is -3.99. The van der Waals surface area contributed by atoms with Gasteiger partial charge in [-0.05, 0) is 60.4 Å². The molecule has 2 atom stereocenters. The Balaban J connectivity index is 1.19. The molecule has 1 N–H and O–H groups in total. The van der Waals surface area contributed by atoms with E-state index >= 15 is 0 Å². The van der Waals surface area contributed by atoms with Gasteiger partial charge in [-0.2, -0.15) is 0 Å². The van der Waals surface area contributed by atoms with Gasteiger partial charge in [-0.1, -0.05) is 41.9 Å². The zero-order valence-corrected chi connectivity index (χ0v) is 26.1. The lowest BCUT2D eigenvalue weighted by Crippen LogP contribution is -2.46. The van der Waals surface area contributed by atoms with Gasteiger partial charge in [0.2, 0.25) is 0 Å². The Labute approximate surface area is 268 Å². The number of halogens is 1. The first-order valence-corrected chi connectivity index (χ1v) is 15.6. The van der Waals surface area contributed by atoms with Crippen molar-refractivity contribution in [2.75, 3.05) is 58.1 Å². The summed E-state index contributed by atoms with van der Waals surface area (Å²) in [5.41, 5.74) is 2.65. The van der Waals surface area contributed by atoms with Crippen LogP contribution in [0.15, 0.2) is 66.7 Å². The van der Waals surface area contributed by atoms with Crippen LogP contribution in [0.4, 0.5) is 10.5 Å². The van der Waals surface area contributed by atoms with Crippen molar-refractivity contribution in [1.82, 2.24) is 4.90 Å². The van der Waals surface area contributed by atoms with Crippen LogP contribution in [-0.4, -0.2) is 81.3 Å². The van der Waals surface area contributed by atoms with E-state index in [-0.39, 0.29) is 37.7 Å². The van der Waals surface area contributed by atoms with Gasteiger partial charge in [-0.3, -0.25) is 4.79 Å². The van der Waals surface area contributed by atoms with Crippen molar-refractivity contribution in [2.24, 2.45) is 0 Å². The average molecular weight is 639 g/mol. The second-order valence-electron chi connectivity index (χ2n) is 11.0. The number of para-hydroxylation sites is 1. The molecule has 45 heavy (non-hydrogen) atoms. The number of anilines is 1. The van der Waals surface area contributed by atoms with Crippen molar-refractivity contribution < 1.29 is 38.4 Å². The van der Waals surface area contributed by atoms with E-state index in [2.05, 4.69) is 0 Å². The van der Waals surface area contributed by atoms with Crippen LogP contribution in [0.3, 0.4) is 0 Å². The maximum absolute atomic E-state index is 12.6. The fourth-order valence-electron chi connectivity index (χ4n) is 5.60. The molecule has 2 aliphatic heterocycles.